The minimum absolute atomic E-state index is 0.0893. The summed E-state index contributed by atoms with van der Waals surface area (Å²) in [6.45, 7) is 17.6. The third kappa shape index (κ3) is 51.4. The zero-order valence-corrected chi connectivity index (χ0v) is 46.0. The highest BCUT2D eigenvalue weighted by atomic mass is 16.8. The van der Waals surface area contributed by atoms with E-state index in [1.807, 2.05) is 13.8 Å². The molecule has 0 aliphatic heterocycles. The Morgan fingerprint density at radius 1 is 0.269 bits per heavy atom. The van der Waals surface area contributed by atoms with Crippen molar-refractivity contribution < 1.29 is 33.2 Å². The van der Waals surface area contributed by atoms with Crippen molar-refractivity contribution >= 4 is 0 Å². The second-order valence-corrected chi connectivity index (χ2v) is 19.5. The summed E-state index contributed by atoms with van der Waals surface area (Å²) in [6, 6.07) is 0. The average Bonchev–Trinajstić information content (AvgIpc) is 3.33. The van der Waals surface area contributed by atoms with Gasteiger partial charge in [0.25, 0.3) is 0 Å². The molecule has 0 saturated heterocycles. The summed E-state index contributed by atoms with van der Waals surface area (Å²) < 4.78 is 43.6. The Kier molecular flexibility index (Phi) is 57.1. The predicted octanol–water partition coefficient (Wildman–Crippen LogP) is 19.2. The van der Waals surface area contributed by atoms with Gasteiger partial charge in [0, 0.05) is 39.6 Å². The van der Waals surface area contributed by atoms with E-state index in [1.54, 1.807) is 0 Å². The molecule has 67 heavy (non-hydrogen) atoms. The van der Waals surface area contributed by atoms with E-state index >= 15 is 0 Å². The summed E-state index contributed by atoms with van der Waals surface area (Å²) in [4.78, 5) is 0. The normalized spacial score (nSPS) is 13.1. The quantitative estimate of drug-likeness (QED) is 0.0342. The number of unbranched alkanes of at least 4 members (excludes halogenated alkanes) is 32. The van der Waals surface area contributed by atoms with E-state index in [-0.39, 0.29) is 12.6 Å². The molecule has 7 nitrogen and oxygen atoms in total. The minimum atomic E-state index is -0.443. The van der Waals surface area contributed by atoms with Crippen LogP contribution in [0.3, 0.4) is 0 Å². The molecule has 0 aromatic heterocycles. The maximum atomic E-state index is 6.33. The molecule has 7 heteroatoms. The number of rotatable bonds is 58. The summed E-state index contributed by atoms with van der Waals surface area (Å²) in [5, 5.41) is 0. The van der Waals surface area contributed by atoms with Crippen LogP contribution in [0, 0.1) is 0 Å². The lowest BCUT2D eigenvalue weighted by Crippen LogP contribution is -2.24. The van der Waals surface area contributed by atoms with Crippen molar-refractivity contribution in [2.75, 3.05) is 39.6 Å². The number of hydrogen-bond acceptors (Lipinski definition) is 7. The molecule has 0 aromatic rings. The van der Waals surface area contributed by atoms with Crippen LogP contribution in [-0.4, -0.2) is 64.8 Å². The Morgan fingerprint density at radius 2 is 0.522 bits per heavy atom. The number of allylic oxidation sites excluding steroid dienone is 2. The highest BCUT2D eigenvalue weighted by Gasteiger charge is 2.14. The zero-order valence-electron chi connectivity index (χ0n) is 46.0. The van der Waals surface area contributed by atoms with Gasteiger partial charge in [-0.2, -0.15) is 0 Å². The molecule has 0 spiro atoms. The van der Waals surface area contributed by atoms with Gasteiger partial charge in [-0.05, 0) is 103 Å². The predicted molar refractivity (Wildman–Crippen MR) is 289 cm³/mol. The molecule has 0 bridgehead atoms. The summed E-state index contributed by atoms with van der Waals surface area (Å²) in [6.07, 6.45) is 57.7. The second-order valence-electron chi connectivity index (χ2n) is 19.5. The average molecular weight is 952 g/mol. The third-order valence-corrected chi connectivity index (χ3v) is 12.8. The van der Waals surface area contributed by atoms with Gasteiger partial charge in [0.1, 0.15) is 0 Å². The van der Waals surface area contributed by atoms with Gasteiger partial charge in [-0.15, -0.1) is 0 Å². The van der Waals surface area contributed by atoms with E-state index in [0.717, 1.165) is 103 Å². The number of ether oxygens (including phenoxy) is 7. The molecule has 0 amide bonds. The van der Waals surface area contributed by atoms with Gasteiger partial charge >= 0.3 is 0 Å². The molecule has 0 aliphatic rings. The highest BCUT2D eigenvalue weighted by Crippen LogP contribution is 2.17. The van der Waals surface area contributed by atoms with Crippen LogP contribution >= 0.6 is 0 Å². The lowest BCUT2D eigenvalue weighted by atomic mass is 10.1. The van der Waals surface area contributed by atoms with Crippen molar-refractivity contribution in [3.05, 3.63) is 24.3 Å². The van der Waals surface area contributed by atoms with Crippen LogP contribution in [0.1, 0.15) is 298 Å². The van der Waals surface area contributed by atoms with E-state index in [1.165, 1.54) is 180 Å². The van der Waals surface area contributed by atoms with Crippen LogP contribution in [0.5, 0.6) is 0 Å². The summed E-state index contributed by atoms with van der Waals surface area (Å²) in [5.74, 6) is 0. The van der Waals surface area contributed by atoms with Crippen LogP contribution in [0.2, 0.25) is 0 Å². The second kappa shape index (κ2) is 57.8. The minimum Gasteiger partial charge on any atom is -0.353 e. The first-order valence-corrected chi connectivity index (χ1v) is 29.8. The molecule has 0 rings (SSSR count). The SMILES string of the molecule is CCCCCCCCCCOC(CCCCC=CC(OCC)OC(C=CCCCCC(OCCCCCCCCCC)OCCCCCCCCCC)OCC)OCCCCCCCCCC. The Balaban J connectivity index is 4.81. The molecule has 0 fully saturated rings. The summed E-state index contributed by atoms with van der Waals surface area (Å²) >= 11 is 0. The molecule has 0 aliphatic carbocycles. The summed E-state index contributed by atoms with van der Waals surface area (Å²) in [5.41, 5.74) is 0. The standard InChI is InChI=1S/C60H118O7/c1-7-13-17-21-25-29-37-45-53-63-57(64-54-46-38-30-26-22-18-14-8-2)49-41-33-35-43-51-59(61-11-5)67-60(62-12-6)52-44-36-34-42-50-58(65-55-47-39-31-27-23-19-15-9-3)66-56-48-40-32-28-24-20-16-10-4/h43-44,51-52,57-60H,7-42,45-50,53-56H2,1-6H3. The Hall–Kier alpha value is -0.800. The lowest BCUT2D eigenvalue weighted by molar-refractivity contribution is -0.204. The van der Waals surface area contributed by atoms with Gasteiger partial charge in [0.2, 0.25) is 0 Å². The Morgan fingerprint density at radius 3 is 0.776 bits per heavy atom. The molecule has 400 valence electrons. The van der Waals surface area contributed by atoms with Crippen LogP contribution in [0.4, 0.5) is 0 Å². The molecule has 0 N–H and O–H groups in total. The van der Waals surface area contributed by atoms with Crippen LogP contribution in [0.15, 0.2) is 24.3 Å². The number of hydrogen-bond donors (Lipinski definition) is 0. The zero-order chi connectivity index (χ0) is 48.6. The fourth-order valence-electron chi connectivity index (χ4n) is 8.53. The smallest absolute Gasteiger partial charge is 0.180 e. The van der Waals surface area contributed by atoms with Gasteiger partial charge < -0.3 is 33.2 Å². The first-order chi connectivity index (χ1) is 33.1. The Bertz CT molecular complexity index is 841. The fraction of sp³-hybridized carbons (Fsp3) is 0.933. The molecule has 0 radical (unpaired) electrons. The maximum absolute atomic E-state index is 6.33. The van der Waals surface area contributed by atoms with E-state index in [0.29, 0.717) is 13.2 Å². The molecule has 0 saturated carbocycles. The van der Waals surface area contributed by atoms with E-state index in [9.17, 15) is 0 Å². The molecule has 2 unspecified atom stereocenters. The van der Waals surface area contributed by atoms with Crippen molar-refractivity contribution in [3.63, 3.8) is 0 Å². The van der Waals surface area contributed by atoms with Crippen LogP contribution in [-0.2, 0) is 33.2 Å². The Labute approximate surface area is 419 Å². The molecule has 0 aromatic carbocycles. The highest BCUT2D eigenvalue weighted by molar-refractivity contribution is 4.89. The van der Waals surface area contributed by atoms with Gasteiger partial charge in [-0.1, -0.05) is 220 Å². The topological polar surface area (TPSA) is 64.6 Å². The molecule has 2 atom stereocenters. The van der Waals surface area contributed by atoms with Crippen molar-refractivity contribution in [2.45, 2.75) is 324 Å². The van der Waals surface area contributed by atoms with Crippen molar-refractivity contribution in [2.24, 2.45) is 0 Å². The van der Waals surface area contributed by atoms with Crippen molar-refractivity contribution in [1.29, 1.82) is 0 Å². The maximum Gasteiger partial charge on any atom is 0.180 e. The monoisotopic (exact) mass is 951 g/mol. The molecular weight excluding hydrogens is 833 g/mol. The first kappa shape index (κ1) is 66.2. The van der Waals surface area contributed by atoms with Crippen molar-refractivity contribution in [1.82, 2.24) is 0 Å². The van der Waals surface area contributed by atoms with E-state index < -0.39 is 12.6 Å². The van der Waals surface area contributed by atoms with Crippen molar-refractivity contribution in [3.8, 4) is 0 Å². The van der Waals surface area contributed by atoms with Gasteiger partial charge in [0.15, 0.2) is 25.2 Å². The fourth-order valence-corrected chi connectivity index (χ4v) is 8.53. The van der Waals surface area contributed by atoms with E-state index in [2.05, 4.69) is 52.0 Å². The van der Waals surface area contributed by atoms with Gasteiger partial charge in [-0.3, -0.25) is 0 Å². The lowest BCUT2D eigenvalue weighted by Gasteiger charge is -2.20. The largest absolute Gasteiger partial charge is 0.353 e. The van der Waals surface area contributed by atoms with Gasteiger partial charge in [-0.25, -0.2) is 0 Å². The van der Waals surface area contributed by atoms with E-state index in [4.69, 9.17) is 33.2 Å². The molecular formula is C60H118O7. The first-order valence-electron chi connectivity index (χ1n) is 29.8. The van der Waals surface area contributed by atoms with Gasteiger partial charge in [0.05, 0.1) is 0 Å². The summed E-state index contributed by atoms with van der Waals surface area (Å²) in [7, 11) is 0. The molecule has 0 heterocycles. The third-order valence-electron chi connectivity index (χ3n) is 12.8. The van der Waals surface area contributed by atoms with Crippen LogP contribution < -0.4 is 0 Å². The van der Waals surface area contributed by atoms with Crippen LogP contribution in [0.25, 0.3) is 0 Å².